The molecule has 0 spiro atoms. The lowest BCUT2D eigenvalue weighted by atomic mass is 10.2. The molecule has 0 radical (unpaired) electrons. The maximum Gasteiger partial charge on any atom is 0.205 e. The number of nitrogens with zero attached hydrogens (tertiary/aromatic N) is 4. The van der Waals surface area contributed by atoms with Crippen molar-refractivity contribution in [1.29, 1.82) is 0 Å². The molecule has 94 valence electrons. The smallest absolute Gasteiger partial charge is 0.205 e. The molecule has 0 aliphatic carbocycles. The molecule has 0 saturated heterocycles. The van der Waals surface area contributed by atoms with Crippen LogP contribution in [0.25, 0.3) is 17.1 Å². The zero-order chi connectivity index (χ0) is 13.2. The molecular formula is C13H8ClFN4. The molecule has 0 bridgehead atoms. The first-order valence-corrected chi connectivity index (χ1v) is 5.92. The van der Waals surface area contributed by atoms with Gasteiger partial charge in [0.2, 0.25) is 5.82 Å². The fourth-order valence-corrected chi connectivity index (χ4v) is 1.74. The Balaban J connectivity index is 1.95. The summed E-state index contributed by atoms with van der Waals surface area (Å²) in [5, 5.41) is 12.8. The van der Waals surface area contributed by atoms with Crippen molar-refractivity contribution in [2.75, 3.05) is 0 Å². The Morgan fingerprint density at radius 1 is 0.947 bits per heavy atom. The predicted octanol–water partition coefficient (Wildman–Crippen LogP) is 3.12. The fraction of sp³-hybridized carbons (Fsp3) is 0. The third kappa shape index (κ3) is 2.46. The van der Waals surface area contributed by atoms with E-state index in [0.717, 1.165) is 5.56 Å². The second-order valence-electron chi connectivity index (χ2n) is 3.89. The molecule has 3 aromatic rings. The molecule has 0 aliphatic heterocycles. The summed E-state index contributed by atoms with van der Waals surface area (Å²) < 4.78 is 12.8. The monoisotopic (exact) mass is 274 g/mol. The molecule has 1 heterocycles. The van der Waals surface area contributed by atoms with Crippen LogP contribution in [0.2, 0.25) is 5.02 Å². The van der Waals surface area contributed by atoms with Gasteiger partial charge in [0.1, 0.15) is 5.82 Å². The zero-order valence-electron chi connectivity index (χ0n) is 9.66. The summed E-state index contributed by atoms with van der Waals surface area (Å²) in [6.45, 7) is 0. The van der Waals surface area contributed by atoms with Crippen LogP contribution in [0.1, 0.15) is 0 Å². The Morgan fingerprint density at radius 3 is 2.32 bits per heavy atom. The molecule has 0 fully saturated rings. The van der Waals surface area contributed by atoms with Crippen molar-refractivity contribution in [1.82, 2.24) is 20.2 Å². The second kappa shape index (κ2) is 4.78. The Bertz CT molecular complexity index is 631. The Hall–Kier alpha value is -2.27. The van der Waals surface area contributed by atoms with Crippen LogP contribution in [0, 0.1) is 5.82 Å². The Kier molecular flexibility index (Phi) is 2.97. The second-order valence-corrected chi connectivity index (χ2v) is 4.32. The lowest BCUT2D eigenvalue weighted by Crippen LogP contribution is -1.98. The summed E-state index contributed by atoms with van der Waals surface area (Å²) >= 11 is 5.82. The molecule has 0 saturated carbocycles. The van der Waals surface area contributed by atoms with Crippen LogP contribution in [0.3, 0.4) is 0 Å². The van der Waals surface area contributed by atoms with Crippen molar-refractivity contribution in [3.8, 4) is 17.1 Å². The van der Waals surface area contributed by atoms with Crippen LogP contribution < -0.4 is 0 Å². The number of hydrogen-bond donors (Lipinski definition) is 0. The maximum absolute atomic E-state index is 12.8. The summed E-state index contributed by atoms with van der Waals surface area (Å²) in [5.41, 5.74) is 1.46. The average molecular weight is 275 g/mol. The van der Waals surface area contributed by atoms with Gasteiger partial charge in [-0.1, -0.05) is 11.6 Å². The van der Waals surface area contributed by atoms with Crippen LogP contribution in [-0.4, -0.2) is 20.2 Å². The topological polar surface area (TPSA) is 43.6 Å². The highest BCUT2D eigenvalue weighted by molar-refractivity contribution is 6.30. The molecule has 3 rings (SSSR count). The van der Waals surface area contributed by atoms with Crippen LogP contribution in [-0.2, 0) is 0 Å². The Labute approximate surface area is 113 Å². The molecule has 0 N–H and O–H groups in total. The number of hydrogen-bond acceptors (Lipinski definition) is 3. The minimum absolute atomic E-state index is 0.304. The van der Waals surface area contributed by atoms with Gasteiger partial charge in [-0.3, -0.25) is 0 Å². The van der Waals surface area contributed by atoms with E-state index in [9.17, 15) is 4.39 Å². The van der Waals surface area contributed by atoms with Gasteiger partial charge in [0.25, 0.3) is 0 Å². The molecule has 2 aromatic carbocycles. The van der Waals surface area contributed by atoms with E-state index in [2.05, 4.69) is 15.4 Å². The first-order chi connectivity index (χ1) is 9.22. The number of benzene rings is 2. The zero-order valence-corrected chi connectivity index (χ0v) is 10.4. The molecule has 1 aromatic heterocycles. The summed E-state index contributed by atoms with van der Waals surface area (Å²) in [5.74, 6) is 0.183. The minimum Gasteiger partial charge on any atom is -0.207 e. The molecule has 0 amide bonds. The Morgan fingerprint density at radius 2 is 1.63 bits per heavy atom. The van der Waals surface area contributed by atoms with E-state index < -0.39 is 0 Å². The highest BCUT2D eigenvalue weighted by atomic mass is 35.5. The first kappa shape index (κ1) is 11.8. The van der Waals surface area contributed by atoms with Gasteiger partial charge >= 0.3 is 0 Å². The van der Waals surface area contributed by atoms with Crippen LogP contribution in [0.5, 0.6) is 0 Å². The molecule has 19 heavy (non-hydrogen) atoms. The fourth-order valence-electron chi connectivity index (χ4n) is 1.61. The van der Waals surface area contributed by atoms with E-state index in [4.69, 9.17) is 11.6 Å². The van der Waals surface area contributed by atoms with E-state index in [0.29, 0.717) is 16.5 Å². The van der Waals surface area contributed by atoms with Gasteiger partial charge in [0.05, 0.1) is 5.69 Å². The van der Waals surface area contributed by atoms with E-state index in [1.807, 2.05) is 12.1 Å². The van der Waals surface area contributed by atoms with Crippen LogP contribution in [0.4, 0.5) is 4.39 Å². The maximum atomic E-state index is 12.8. The first-order valence-electron chi connectivity index (χ1n) is 5.54. The summed E-state index contributed by atoms with van der Waals surface area (Å²) in [7, 11) is 0. The number of tetrazole rings is 1. The molecule has 0 unspecified atom stereocenters. The SMILES string of the molecule is Fc1ccc(-n2nnc(-c3ccc(Cl)cc3)n2)cc1. The van der Waals surface area contributed by atoms with Crippen molar-refractivity contribution < 1.29 is 4.39 Å². The van der Waals surface area contributed by atoms with Crippen molar-refractivity contribution in [2.45, 2.75) is 0 Å². The van der Waals surface area contributed by atoms with Gasteiger partial charge in [-0.15, -0.1) is 15.0 Å². The van der Waals surface area contributed by atoms with Gasteiger partial charge in [-0.25, -0.2) is 4.39 Å². The van der Waals surface area contributed by atoms with E-state index in [1.54, 1.807) is 24.3 Å². The molecular weight excluding hydrogens is 267 g/mol. The third-order valence-electron chi connectivity index (χ3n) is 2.57. The average Bonchev–Trinajstić information content (AvgIpc) is 2.90. The largest absolute Gasteiger partial charge is 0.207 e. The summed E-state index contributed by atoms with van der Waals surface area (Å²) in [6, 6.07) is 13.0. The number of rotatable bonds is 2. The quantitative estimate of drug-likeness (QED) is 0.721. The summed E-state index contributed by atoms with van der Waals surface area (Å²) in [6.07, 6.45) is 0. The normalized spacial score (nSPS) is 10.6. The molecule has 0 atom stereocenters. The van der Waals surface area contributed by atoms with Crippen LogP contribution in [0.15, 0.2) is 48.5 Å². The third-order valence-corrected chi connectivity index (χ3v) is 2.83. The van der Waals surface area contributed by atoms with Gasteiger partial charge < -0.3 is 0 Å². The van der Waals surface area contributed by atoms with Gasteiger partial charge in [0, 0.05) is 10.6 Å². The van der Waals surface area contributed by atoms with E-state index in [1.165, 1.54) is 16.9 Å². The van der Waals surface area contributed by atoms with Gasteiger partial charge in [-0.2, -0.15) is 0 Å². The molecule has 6 heteroatoms. The van der Waals surface area contributed by atoms with Gasteiger partial charge in [0.15, 0.2) is 0 Å². The van der Waals surface area contributed by atoms with Crippen molar-refractivity contribution in [2.24, 2.45) is 0 Å². The lowest BCUT2D eigenvalue weighted by molar-refractivity contribution is 0.625. The number of aromatic nitrogens is 4. The molecule has 0 aliphatic rings. The highest BCUT2D eigenvalue weighted by Crippen LogP contribution is 2.17. The van der Waals surface area contributed by atoms with E-state index in [-0.39, 0.29) is 5.82 Å². The molecule has 4 nitrogen and oxygen atoms in total. The number of halogens is 2. The van der Waals surface area contributed by atoms with Gasteiger partial charge in [-0.05, 0) is 53.7 Å². The minimum atomic E-state index is -0.304. The van der Waals surface area contributed by atoms with E-state index >= 15 is 0 Å². The van der Waals surface area contributed by atoms with Crippen molar-refractivity contribution in [3.63, 3.8) is 0 Å². The summed E-state index contributed by atoms with van der Waals surface area (Å²) in [4.78, 5) is 1.35. The predicted molar refractivity (Wildman–Crippen MR) is 69.6 cm³/mol. The highest BCUT2D eigenvalue weighted by Gasteiger charge is 2.07. The lowest BCUT2D eigenvalue weighted by Gasteiger charge is -1.97. The van der Waals surface area contributed by atoms with Crippen molar-refractivity contribution >= 4 is 11.6 Å². The van der Waals surface area contributed by atoms with Crippen LogP contribution >= 0.6 is 11.6 Å². The van der Waals surface area contributed by atoms with Crippen molar-refractivity contribution in [3.05, 3.63) is 59.4 Å². The standard InChI is InChI=1S/C13H8ClFN4/c14-10-3-1-9(2-4-10)13-16-18-19(17-13)12-7-5-11(15)6-8-12/h1-8H.